The van der Waals surface area contributed by atoms with Crippen molar-refractivity contribution in [2.24, 2.45) is 0 Å². The summed E-state index contributed by atoms with van der Waals surface area (Å²) < 4.78 is 0. The van der Waals surface area contributed by atoms with Crippen molar-refractivity contribution in [3.8, 4) is 0 Å². The average molecular weight is 417 g/mol. The van der Waals surface area contributed by atoms with Gasteiger partial charge in [0.2, 0.25) is 0 Å². The molecule has 0 saturated carbocycles. The molecule has 0 heterocycles. The zero-order chi connectivity index (χ0) is 22.4. The van der Waals surface area contributed by atoms with Crippen molar-refractivity contribution < 1.29 is 47.5 Å². The van der Waals surface area contributed by atoms with Gasteiger partial charge in [0, 0.05) is 13.1 Å². The summed E-state index contributed by atoms with van der Waals surface area (Å²) >= 11 is 0. The van der Waals surface area contributed by atoms with Crippen LogP contribution in [0, 0.1) is 0 Å². The molecule has 2 unspecified atom stereocenters. The summed E-state index contributed by atoms with van der Waals surface area (Å²) in [6, 6.07) is 0. The van der Waals surface area contributed by atoms with Gasteiger partial charge in [-0.05, 0) is 28.2 Å². The first-order chi connectivity index (χ1) is 12.6. The molecule has 0 aliphatic heterocycles. The summed E-state index contributed by atoms with van der Waals surface area (Å²) in [5.74, 6) is 0. The Bertz CT molecular complexity index is 321. The third kappa shape index (κ3) is 36.3. The average Bonchev–Trinajstić information content (AvgIpc) is 2.49. The molecule has 8 heteroatoms. The monoisotopic (exact) mass is 416 g/mol. The van der Waals surface area contributed by atoms with Crippen molar-refractivity contribution in [1.29, 1.82) is 0 Å². The summed E-state index contributed by atoms with van der Waals surface area (Å²) in [5.41, 5.74) is 0.254. The van der Waals surface area contributed by atoms with E-state index in [0.29, 0.717) is 0 Å². The number of hydrogen-bond donors (Lipinski definition) is 2. The summed E-state index contributed by atoms with van der Waals surface area (Å²) in [6.07, 6.45) is 0. The molecule has 6 nitrogen and oxygen atoms in total. The zero-order valence-corrected chi connectivity index (χ0v) is 23.4. The Kier molecular flexibility index (Phi) is 26.2. The fourth-order valence-corrected chi connectivity index (χ4v) is 2.24. The van der Waals surface area contributed by atoms with Crippen LogP contribution in [0.1, 0.15) is 41.5 Å². The molecule has 0 aliphatic carbocycles. The van der Waals surface area contributed by atoms with Gasteiger partial charge in [-0.2, -0.15) is 0 Å². The van der Waals surface area contributed by atoms with E-state index in [4.69, 9.17) is 0 Å². The van der Waals surface area contributed by atoms with E-state index in [-0.39, 0.29) is 48.8 Å². The third-order valence-corrected chi connectivity index (χ3v) is 4.22. The molecule has 0 radical (unpaired) electrons. The van der Waals surface area contributed by atoms with Crippen LogP contribution in [0.25, 0.3) is 10.6 Å². The Morgan fingerprint density at radius 1 is 0.567 bits per heavy atom. The van der Waals surface area contributed by atoms with Gasteiger partial charge < -0.3 is 30.2 Å². The van der Waals surface area contributed by atoms with Crippen LogP contribution < -0.4 is 47.5 Å². The van der Waals surface area contributed by atoms with Crippen molar-refractivity contribution in [2.45, 2.75) is 52.6 Å². The molecule has 0 fully saturated rings. The number of quaternary nitrogens is 2. The Morgan fingerprint density at radius 3 is 1.03 bits per heavy atom. The molecule has 2 N–H and O–H groups in total. The quantitative estimate of drug-likeness (QED) is 0.312. The molecule has 0 bridgehead atoms. The minimum atomic E-state index is 0. The van der Waals surface area contributed by atoms with Gasteiger partial charge in [0.1, 0.15) is 0 Å². The van der Waals surface area contributed by atoms with Crippen LogP contribution >= 0.6 is 0 Å². The number of nitrogens with zero attached hydrogens (tertiary/aromatic N) is 4. The molecule has 172 valence electrons. The number of nitrogens with one attached hydrogen (secondary N) is 2. The van der Waals surface area contributed by atoms with Crippen molar-refractivity contribution in [3.63, 3.8) is 0 Å². The van der Waals surface area contributed by atoms with Gasteiger partial charge >= 0.3 is 37.7 Å². The maximum Gasteiger partial charge on any atom is 1.00 e. The van der Waals surface area contributed by atoms with Crippen LogP contribution in [0.3, 0.4) is 0 Å². The van der Waals surface area contributed by atoms with Gasteiger partial charge in [-0.15, -0.1) is 11.1 Å². The molecule has 0 amide bonds. The summed E-state index contributed by atoms with van der Waals surface area (Å²) in [5, 5.41) is 9.18. The first-order valence-corrected chi connectivity index (χ1v) is 10.9. The molecule has 0 saturated heterocycles. The molecule has 0 aromatic heterocycles. The minimum absolute atomic E-state index is 0. The first-order valence-electron chi connectivity index (χ1n) is 10.9. The van der Waals surface area contributed by atoms with E-state index < -0.39 is 0 Å². The fourth-order valence-electron chi connectivity index (χ4n) is 2.24. The molecule has 0 aromatic carbocycles. The standard InChI is InChI=1S/2C11H26N3.2Li/c2*1-11(2,3)12-7-8-14(6)10-9-13(4)5;;/h2*7-10H2,1-6H3;;/q2*-1;2*+1/p+2. The van der Waals surface area contributed by atoms with Gasteiger partial charge in [0.25, 0.3) is 0 Å². The van der Waals surface area contributed by atoms with Crippen molar-refractivity contribution in [1.82, 2.24) is 9.80 Å². The van der Waals surface area contributed by atoms with Crippen LogP contribution in [-0.2, 0) is 0 Å². The van der Waals surface area contributed by atoms with Crippen molar-refractivity contribution >= 4 is 0 Å². The summed E-state index contributed by atoms with van der Waals surface area (Å²) in [4.78, 5) is 7.58. The Balaban J connectivity index is -0.000000211. The zero-order valence-electron chi connectivity index (χ0n) is 23.4. The Labute approximate surface area is 214 Å². The van der Waals surface area contributed by atoms with Gasteiger partial charge in [0.05, 0.1) is 40.3 Å². The molecule has 0 spiro atoms. The van der Waals surface area contributed by atoms with E-state index in [9.17, 15) is 0 Å². The molecule has 0 rings (SSSR count). The summed E-state index contributed by atoms with van der Waals surface area (Å²) in [7, 11) is 12.9. The van der Waals surface area contributed by atoms with Gasteiger partial charge in [-0.3, -0.25) is 0 Å². The predicted octanol–water partition coefficient (Wildman–Crippen LogP) is -5.52. The molecule has 0 aromatic rings. The normalized spacial score (nSPS) is 13.8. The topological polar surface area (TPSA) is 43.6 Å². The van der Waals surface area contributed by atoms with E-state index in [1.54, 1.807) is 9.80 Å². The third-order valence-electron chi connectivity index (χ3n) is 4.22. The number of rotatable bonds is 12. The van der Waals surface area contributed by atoms with Crippen LogP contribution in [0.4, 0.5) is 0 Å². The molecule has 0 aliphatic rings. The summed E-state index contributed by atoms with van der Waals surface area (Å²) in [6.45, 7) is 21.9. The van der Waals surface area contributed by atoms with Crippen LogP contribution in [-0.4, -0.2) is 116 Å². The smallest absolute Gasteiger partial charge is 0.653 e. The van der Waals surface area contributed by atoms with Gasteiger partial charge in [-0.25, -0.2) is 0 Å². The van der Waals surface area contributed by atoms with E-state index in [1.807, 2.05) is 0 Å². The van der Waals surface area contributed by atoms with Crippen molar-refractivity contribution in [3.05, 3.63) is 10.6 Å². The molecule has 30 heavy (non-hydrogen) atoms. The predicted molar refractivity (Wildman–Crippen MR) is 126 cm³/mol. The fraction of sp³-hybridized carbons (Fsp3) is 1.00. The Morgan fingerprint density at radius 2 is 0.833 bits per heavy atom. The Hall–Kier alpha value is 0.955. The van der Waals surface area contributed by atoms with E-state index in [2.05, 4.69) is 104 Å². The van der Waals surface area contributed by atoms with Gasteiger partial charge in [0.15, 0.2) is 0 Å². The van der Waals surface area contributed by atoms with Crippen LogP contribution in [0.2, 0.25) is 0 Å². The second-order valence-corrected chi connectivity index (χ2v) is 10.6. The van der Waals surface area contributed by atoms with Crippen LogP contribution in [0.5, 0.6) is 0 Å². The number of hydrogen-bond acceptors (Lipinski definition) is 2. The second-order valence-electron chi connectivity index (χ2n) is 10.6. The second kappa shape index (κ2) is 20.6. The SMILES string of the molecule is CN(C)CC[NH+](C)CC[N-]C(C)(C)C.CN(C)CC[NH+](C)CC[N-]C(C)(C)C.[Li+].[Li+]. The van der Waals surface area contributed by atoms with Crippen molar-refractivity contribution in [2.75, 3.05) is 94.6 Å². The van der Waals surface area contributed by atoms with Gasteiger partial charge in [-0.1, -0.05) is 54.6 Å². The first kappa shape index (κ1) is 38.2. The minimum Gasteiger partial charge on any atom is -0.653 e. The largest absolute Gasteiger partial charge is 1.00 e. The maximum absolute atomic E-state index is 4.59. The maximum atomic E-state index is 4.59. The van der Waals surface area contributed by atoms with E-state index in [1.165, 1.54) is 13.1 Å². The van der Waals surface area contributed by atoms with E-state index in [0.717, 1.165) is 39.3 Å². The molecular weight excluding hydrogens is 362 g/mol. The molecular formula is C22H54Li2N6+2. The number of likely N-dealkylation sites (N-methyl/N-ethyl adjacent to an activating group) is 4. The molecule has 2 atom stereocenters. The van der Waals surface area contributed by atoms with E-state index >= 15 is 0 Å². The van der Waals surface area contributed by atoms with Crippen LogP contribution in [0.15, 0.2) is 0 Å².